The Labute approximate surface area is 90.9 Å². The fraction of sp³-hybridized carbons (Fsp3) is 0.636. The highest BCUT2D eigenvalue weighted by Gasteiger charge is 2.19. The van der Waals surface area contributed by atoms with Crippen molar-refractivity contribution in [2.45, 2.75) is 45.6 Å². The van der Waals surface area contributed by atoms with Crippen molar-refractivity contribution < 1.29 is 4.74 Å². The molecule has 1 aromatic heterocycles. The Hall–Kier alpha value is -1.32. The molecule has 2 N–H and O–H groups in total. The van der Waals surface area contributed by atoms with Gasteiger partial charge >= 0.3 is 0 Å². The zero-order valence-corrected chi connectivity index (χ0v) is 9.66. The van der Waals surface area contributed by atoms with Gasteiger partial charge in [-0.1, -0.05) is 13.3 Å². The molecule has 15 heavy (non-hydrogen) atoms. The Morgan fingerprint density at radius 3 is 2.47 bits per heavy atom. The van der Waals surface area contributed by atoms with Gasteiger partial charge in [0.1, 0.15) is 5.60 Å². The number of hydrogen-bond acceptors (Lipinski definition) is 4. The maximum Gasteiger partial charge on any atom is 0.220 e. The molecule has 0 unspecified atom stereocenters. The van der Waals surface area contributed by atoms with Crippen molar-refractivity contribution in [1.82, 2.24) is 9.97 Å². The molecule has 0 fully saturated rings. The summed E-state index contributed by atoms with van der Waals surface area (Å²) in [6, 6.07) is 0. The fourth-order valence-electron chi connectivity index (χ4n) is 1.35. The van der Waals surface area contributed by atoms with E-state index >= 15 is 0 Å². The summed E-state index contributed by atoms with van der Waals surface area (Å²) in [5.74, 6) is 0.944. The van der Waals surface area contributed by atoms with Gasteiger partial charge < -0.3 is 10.5 Å². The molecule has 0 spiro atoms. The standard InChI is InChI=1S/C11H19N3O/c1-4-5-6-11(2,3)15-9-7-13-10(12)14-8-9/h7-8H,4-6H2,1-3H3,(H2,12,13,14). The van der Waals surface area contributed by atoms with Crippen LogP contribution in [0.4, 0.5) is 5.95 Å². The maximum atomic E-state index is 5.78. The first kappa shape index (κ1) is 11.8. The van der Waals surface area contributed by atoms with E-state index < -0.39 is 0 Å². The minimum atomic E-state index is -0.171. The lowest BCUT2D eigenvalue weighted by Gasteiger charge is -2.25. The molecule has 0 saturated carbocycles. The van der Waals surface area contributed by atoms with Crippen LogP contribution >= 0.6 is 0 Å². The molecule has 0 aromatic carbocycles. The maximum absolute atomic E-state index is 5.78. The van der Waals surface area contributed by atoms with Crippen LogP contribution in [0.25, 0.3) is 0 Å². The molecular formula is C11H19N3O. The number of ether oxygens (including phenoxy) is 1. The average Bonchev–Trinajstić information content (AvgIpc) is 2.18. The number of unbranched alkanes of at least 4 members (excludes halogenated alkanes) is 1. The zero-order valence-electron chi connectivity index (χ0n) is 9.66. The second-order valence-electron chi connectivity index (χ2n) is 4.24. The molecule has 0 aliphatic heterocycles. The van der Waals surface area contributed by atoms with E-state index in [1.54, 1.807) is 12.4 Å². The summed E-state index contributed by atoms with van der Waals surface area (Å²) in [4.78, 5) is 7.77. The summed E-state index contributed by atoms with van der Waals surface area (Å²) < 4.78 is 5.78. The van der Waals surface area contributed by atoms with Gasteiger partial charge in [-0.3, -0.25) is 0 Å². The molecular weight excluding hydrogens is 190 g/mol. The SMILES string of the molecule is CCCCC(C)(C)Oc1cnc(N)nc1. The molecule has 1 rings (SSSR count). The van der Waals surface area contributed by atoms with E-state index in [1.807, 2.05) is 0 Å². The third kappa shape index (κ3) is 4.14. The van der Waals surface area contributed by atoms with E-state index in [4.69, 9.17) is 10.5 Å². The Morgan fingerprint density at radius 1 is 1.33 bits per heavy atom. The van der Waals surface area contributed by atoms with Gasteiger partial charge in [-0.2, -0.15) is 0 Å². The van der Waals surface area contributed by atoms with Crippen molar-refractivity contribution in [2.75, 3.05) is 5.73 Å². The third-order valence-corrected chi connectivity index (χ3v) is 2.17. The van der Waals surface area contributed by atoms with Crippen molar-refractivity contribution >= 4 is 5.95 Å². The van der Waals surface area contributed by atoms with Crippen LogP contribution in [0.3, 0.4) is 0 Å². The largest absolute Gasteiger partial charge is 0.485 e. The van der Waals surface area contributed by atoms with E-state index in [0.717, 1.165) is 12.8 Å². The van der Waals surface area contributed by atoms with Gasteiger partial charge in [0, 0.05) is 0 Å². The van der Waals surface area contributed by atoms with E-state index in [-0.39, 0.29) is 11.5 Å². The Bertz CT molecular complexity index is 295. The Balaban J connectivity index is 2.56. The smallest absolute Gasteiger partial charge is 0.220 e. The van der Waals surface area contributed by atoms with Gasteiger partial charge in [-0.25, -0.2) is 9.97 Å². The van der Waals surface area contributed by atoms with E-state index in [2.05, 4.69) is 30.7 Å². The second-order valence-corrected chi connectivity index (χ2v) is 4.24. The first-order valence-corrected chi connectivity index (χ1v) is 5.30. The van der Waals surface area contributed by atoms with Crippen LogP contribution < -0.4 is 10.5 Å². The van der Waals surface area contributed by atoms with Crippen molar-refractivity contribution in [1.29, 1.82) is 0 Å². The first-order valence-electron chi connectivity index (χ1n) is 5.30. The van der Waals surface area contributed by atoms with E-state index in [9.17, 15) is 0 Å². The van der Waals surface area contributed by atoms with E-state index in [0.29, 0.717) is 5.75 Å². The zero-order chi connectivity index (χ0) is 11.3. The number of rotatable bonds is 5. The number of anilines is 1. The summed E-state index contributed by atoms with van der Waals surface area (Å²) in [5.41, 5.74) is 5.22. The van der Waals surface area contributed by atoms with Gasteiger partial charge in [0.2, 0.25) is 5.95 Å². The molecule has 0 radical (unpaired) electrons. The summed E-state index contributed by atoms with van der Waals surface area (Å²) >= 11 is 0. The number of hydrogen-bond donors (Lipinski definition) is 1. The molecule has 0 aliphatic rings. The van der Waals surface area contributed by atoms with Crippen molar-refractivity contribution in [2.24, 2.45) is 0 Å². The van der Waals surface area contributed by atoms with Crippen LogP contribution in [0.15, 0.2) is 12.4 Å². The molecule has 1 aromatic rings. The van der Waals surface area contributed by atoms with Crippen LogP contribution in [0, 0.1) is 0 Å². The predicted octanol–water partition coefficient (Wildman–Crippen LogP) is 2.41. The first-order chi connectivity index (χ1) is 7.03. The number of aromatic nitrogens is 2. The highest BCUT2D eigenvalue weighted by molar-refractivity contribution is 5.21. The topological polar surface area (TPSA) is 61.0 Å². The number of nitrogens with two attached hydrogens (primary N) is 1. The molecule has 1 heterocycles. The minimum Gasteiger partial charge on any atom is -0.485 e. The summed E-state index contributed by atoms with van der Waals surface area (Å²) in [5, 5.41) is 0. The van der Waals surface area contributed by atoms with Crippen molar-refractivity contribution in [3.05, 3.63) is 12.4 Å². The summed E-state index contributed by atoms with van der Waals surface area (Å²) in [6.45, 7) is 6.31. The van der Waals surface area contributed by atoms with Crippen LogP contribution in [0.5, 0.6) is 5.75 Å². The van der Waals surface area contributed by atoms with Crippen molar-refractivity contribution in [3.8, 4) is 5.75 Å². The van der Waals surface area contributed by atoms with Gasteiger partial charge in [-0.05, 0) is 26.7 Å². The monoisotopic (exact) mass is 209 g/mol. The second kappa shape index (κ2) is 4.96. The Kier molecular flexibility index (Phi) is 3.88. The van der Waals surface area contributed by atoms with Crippen LogP contribution in [0.1, 0.15) is 40.0 Å². The predicted molar refractivity (Wildman–Crippen MR) is 60.7 cm³/mol. The molecule has 84 valence electrons. The Morgan fingerprint density at radius 2 is 1.93 bits per heavy atom. The number of nitrogens with zero attached hydrogens (tertiary/aromatic N) is 2. The lowest BCUT2D eigenvalue weighted by atomic mass is 10.0. The molecule has 0 aliphatic carbocycles. The molecule has 4 nitrogen and oxygen atoms in total. The van der Waals surface area contributed by atoms with Gasteiger partial charge in [-0.15, -0.1) is 0 Å². The summed E-state index contributed by atoms with van der Waals surface area (Å²) in [7, 11) is 0. The summed E-state index contributed by atoms with van der Waals surface area (Å²) in [6.07, 6.45) is 6.56. The van der Waals surface area contributed by atoms with Crippen LogP contribution in [-0.4, -0.2) is 15.6 Å². The quantitative estimate of drug-likeness (QED) is 0.809. The van der Waals surface area contributed by atoms with Gasteiger partial charge in [0.05, 0.1) is 12.4 Å². The molecule has 4 heteroatoms. The van der Waals surface area contributed by atoms with Crippen molar-refractivity contribution in [3.63, 3.8) is 0 Å². The van der Waals surface area contributed by atoms with Crippen LogP contribution in [-0.2, 0) is 0 Å². The molecule has 0 bridgehead atoms. The highest BCUT2D eigenvalue weighted by Crippen LogP contribution is 2.21. The average molecular weight is 209 g/mol. The fourth-order valence-corrected chi connectivity index (χ4v) is 1.35. The molecule has 0 amide bonds. The minimum absolute atomic E-state index is 0.171. The highest BCUT2D eigenvalue weighted by atomic mass is 16.5. The van der Waals surface area contributed by atoms with Crippen LogP contribution in [0.2, 0.25) is 0 Å². The molecule has 0 atom stereocenters. The lowest BCUT2D eigenvalue weighted by Crippen LogP contribution is -2.28. The number of nitrogen functional groups attached to an aromatic ring is 1. The van der Waals surface area contributed by atoms with E-state index in [1.165, 1.54) is 6.42 Å². The normalized spacial score (nSPS) is 11.4. The molecule has 0 saturated heterocycles. The lowest BCUT2D eigenvalue weighted by molar-refractivity contribution is 0.0958. The van der Waals surface area contributed by atoms with Gasteiger partial charge in [0.15, 0.2) is 5.75 Å². The van der Waals surface area contributed by atoms with Gasteiger partial charge in [0.25, 0.3) is 0 Å². The third-order valence-electron chi connectivity index (χ3n) is 2.17.